The van der Waals surface area contributed by atoms with Crippen LogP contribution in [0.15, 0.2) is 48.5 Å². The van der Waals surface area contributed by atoms with Gasteiger partial charge < -0.3 is 19.3 Å². The van der Waals surface area contributed by atoms with Crippen LogP contribution in [-0.4, -0.2) is 113 Å². The fourth-order valence-corrected chi connectivity index (χ4v) is 6.93. The van der Waals surface area contributed by atoms with Crippen LogP contribution in [0.1, 0.15) is 70.4 Å². The molecular formula is C36H46N6O8. The number of carbonyl (C=O) groups is 5. The fourth-order valence-electron chi connectivity index (χ4n) is 6.93. The first-order valence-corrected chi connectivity index (χ1v) is 17.4. The topological polar surface area (TPSA) is 150 Å². The fraction of sp³-hybridized carbons (Fsp3) is 0.528. The maximum Gasteiger partial charge on any atom is 0.410 e. The molecule has 2 aromatic rings. The molecule has 3 fully saturated rings. The van der Waals surface area contributed by atoms with Crippen LogP contribution in [0, 0.1) is 0 Å². The van der Waals surface area contributed by atoms with Gasteiger partial charge >= 0.3 is 18.2 Å². The Morgan fingerprint density at radius 1 is 0.920 bits per heavy atom. The third kappa shape index (κ3) is 7.35. The van der Waals surface area contributed by atoms with Crippen molar-refractivity contribution in [3.8, 4) is 11.1 Å². The van der Waals surface area contributed by atoms with Gasteiger partial charge in [-0.15, -0.1) is 0 Å². The summed E-state index contributed by atoms with van der Waals surface area (Å²) in [5.74, 6) is -1.38. The molecule has 0 spiro atoms. The smallest absolute Gasteiger partial charge is 0.410 e. The van der Waals surface area contributed by atoms with Crippen LogP contribution in [0.5, 0.6) is 0 Å². The van der Waals surface area contributed by atoms with Gasteiger partial charge in [0, 0.05) is 25.6 Å². The van der Waals surface area contributed by atoms with Crippen molar-refractivity contribution in [3.05, 3.63) is 59.7 Å². The number of hydrazine groups is 1. The number of nitrogens with zero attached hydrogens (tertiary/aromatic N) is 4. The largest absolute Gasteiger partial charge is 0.448 e. The summed E-state index contributed by atoms with van der Waals surface area (Å²) in [7, 11) is 0. The van der Waals surface area contributed by atoms with E-state index in [1.54, 1.807) is 20.8 Å². The number of hydrogen-bond acceptors (Lipinski definition) is 8. The van der Waals surface area contributed by atoms with Gasteiger partial charge in [-0.3, -0.25) is 30.2 Å². The van der Waals surface area contributed by atoms with Crippen LogP contribution in [0.4, 0.5) is 14.4 Å². The Morgan fingerprint density at radius 3 is 2.22 bits per heavy atom. The molecule has 14 nitrogen and oxygen atoms in total. The Labute approximate surface area is 291 Å². The highest BCUT2D eigenvalue weighted by Crippen LogP contribution is 2.44. The van der Waals surface area contributed by atoms with Crippen molar-refractivity contribution in [2.24, 2.45) is 0 Å². The first kappa shape index (κ1) is 35.0. The van der Waals surface area contributed by atoms with Crippen LogP contribution < -0.4 is 10.9 Å². The van der Waals surface area contributed by atoms with Gasteiger partial charge in [-0.2, -0.15) is 5.06 Å². The number of ether oxygens (including phenoxy) is 2. The summed E-state index contributed by atoms with van der Waals surface area (Å²) in [6.45, 7) is 8.05. The van der Waals surface area contributed by atoms with Crippen LogP contribution in [0.3, 0.4) is 0 Å². The van der Waals surface area contributed by atoms with Crippen LogP contribution in [0.25, 0.3) is 11.1 Å². The van der Waals surface area contributed by atoms with Gasteiger partial charge in [-0.05, 0) is 62.3 Å². The lowest BCUT2D eigenvalue weighted by Gasteiger charge is -2.44. The van der Waals surface area contributed by atoms with Gasteiger partial charge in [0.05, 0.1) is 18.7 Å². The molecule has 50 heavy (non-hydrogen) atoms. The van der Waals surface area contributed by atoms with Gasteiger partial charge in [0.2, 0.25) is 0 Å². The molecule has 3 saturated heterocycles. The van der Waals surface area contributed by atoms with E-state index in [2.05, 4.69) is 10.9 Å². The van der Waals surface area contributed by atoms with Crippen molar-refractivity contribution in [2.45, 2.75) is 83.0 Å². The average molecular weight is 691 g/mol. The van der Waals surface area contributed by atoms with Crippen molar-refractivity contribution >= 4 is 30.0 Å². The number of piperidine rings is 1. The summed E-state index contributed by atoms with van der Waals surface area (Å²) in [5.41, 5.74) is 8.43. The maximum absolute atomic E-state index is 13.7. The number of unbranched alkanes of at least 4 members (excludes halogenated alkanes) is 1. The summed E-state index contributed by atoms with van der Waals surface area (Å²) in [6, 6.07) is 14.2. The summed E-state index contributed by atoms with van der Waals surface area (Å²) >= 11 is 0. The van der Waals surface area contributed by atoms with Gasteiger partial charge in [-0.1, -0.05) is 61.9 Å². The lowest BCUT2D eigenvalue weighted by Crippen LogP contribution is -2.64. The Balaban J connectivity index is 1.08. The average Bonchev–Trinajstić information content (AvgIpc) is 3.51. The molecule has 0 aromatic heterocycles. The highest BCUT2D eigenvalue weighted by atomic mass is 16.7. The molecule has 0 saturated carbocycles. The Kier molecular flexibility index (Phi) is 10.2. The van der Waals surface area contributed by atoms with E-state index in [1.165, 1.54) is 19.8 Å². The molecule has 268 valence electrons. The van der Waals surface area contributed by atoms with E-state index in [0.29, 0.717) is 26.0 Å². The number of amides is 6. The molecule has 0 unspecified atom stereocenters. The van der Waals surface area contributed by atoms with Crippen molar-refractivity contribution in [1.29, 1.82) is 0 Å². The molecule has 6 rings (SSSR count). The standard InChI is InChI=1S/C36H46N6O8/c1-5-6-17-49-42-23-15-16-30(41(20-23)33(42)45)32(44)38-37-31(43)21-40(24-18-39(19-24)34(46)50-36(2,3)4)35(47)48-22-29-27-13-9-7-11-25(27)26-12-8-10-14-28(26)29/h7-14,23-24,29-30H,5-6,15-22H2,1-4H3,(H,37,43)(H,38,44)/t23-,30-/m0/s1. The monoisotopic (exact) mass is 690 g/mol. The number of nitrogens with one attached hydrogen (secondary N) is 2. The molecule has 6 amide bonds. The van der Waals surface area contributed by atoms with Crippen molar-refractivity contribution < 1.29 is 38.3 Å². The highest BCUT2D eigenvalue weighted by Gasteiger charge is 2.48. The minimum atomic E-state index is -0.772. The Morgan fingerprint density at radius 2 is 1.58 bits per heavy atom. The highest BCUT2D eigenvalue weighted by molar-refractivity contribution is 5.91. The number of fused-ring (bicyclic) bond motifs is 5. The van der Waals surface area contributed by atoms with Crippen LogP contribution in [0.2, 0.25) is 0 Å². The first-order valence-electron chi connectivity index (χ1n) is 17.4. The number of hydrogen-bond donors (Lipinski definition) is 2. The van der Waals surface area contributed by atoms with Crippen molar-refractivity contribution in [2.75, 3.05) is 39.4 Å². The molecule has 2 bridgehead atoms. The number of carbonyl (C=O) groups excluding carboxylic acids is 5. The molecule has 4 aliphatic rings. The minimum Gasteiger partial charge on any atom is -0.448 e. The van der Waals surface area contributed by atoms with E-state index in [4.69, 9.17) is 14.3 Å². The Bertz CT molecular complexity index is 1580. The summed E-state index contributed by atoms with van der Waals surface area (Å²) in [5, 5.41) is 1.37. The molecule has 0 radical (unpaired) electrons. The van der Waals surface area contributed by atoms with E-state index < -0.39 is 48.2 Å². The quantitative estimate of drug-likeness (QED) is 0.281. The molecule has 2 aromatic carbocycles. The van der Waals surface area contributed by atoms with Gasteiger partial charge in [-0.25, -0.2) is 14.4 Å². The third-order valence-electron chi connectivity index (χ3n) is 9.52. The minimum absolute atomic E-state index is 0.0515. The number of likely N-dealkylation sites (tertiary alicyclic amines) is 1. The molecule has 1 aliphatic carbocycles. The second-order valence-electron chi connectivity index (χ2n) is 14.2. The second kappa shape index (κ2) is 14.6. The molecule has 3 aliphatic heterocycles. The number of benzene rings is 2. The van der Waals surface area contributed by atoms with E-state index in [1.807, 2.05) is 55.5 Å². The number of hydroxylamine groups is 2. The lowest BCUT2D eigenvalue weighted by atomic mass is 9.98. The first-order chi connectivity index (χ1) is 23.9. The van der Waals surface area contributed by atoms with Gasteiger partial charge in [0.1, 0.15) is 24.8 Å². The van der Waals surface area contributed by atoms with Crippen molar-refractivity contribution in [1.82, 2.24) is 30.6 Å². The summed E-state index contributed by atoms with van der Waals surface area (Å²) in [4.78, 5) is 75.5. The zero-order valence-corrected chi connectivity index (χ0v) is 29.1. The summed E-state index contributed by atoms with van der Waals surface area (Å²) in [6.07, 6.45) is 1.53. The zero-order valence-electron chi connectivity index (χ0n) is 29.1. The summed E-state index contributed by atoms with van der Waals surface area (Å²) < 4.78 is 11.3. The van der Waals surface area contributed by atoms with Crippen LogP contribution >= 0.6 is 0 Å². The van der Waals surface area contributed by atoms with Gasteiger partial charge in [0.25, 0.3) is 11.8 Å². The Hall–Kier alpha value is -4.85. The number of urea groups is 1. The molecule has 3 heterocycles. The van der Waals surface area contributed by atoms with E-state index in [9.17, 15) is 24.0 Å². The SMILES string of the molecule is CCCCON1C(=O)N2C[C@@H]1CC[C@H]2C(=O)NNC(=O)CN(C(=O)OCC1c2ccccc2-c2ccccc21)C1CN(C(=O)OC(C)(C)C)C1. The zero-order chi connectivity index (χ0) is 35.6. The maximum atomic E-state index is 13.7. The van der Waals surface area contributed by atoms with Crippen molar-refractivity contribution in [3.63, 3.8) is 0 Å². The van der Waals surface area contributed by atoms with E-state index in [0.717, 1.165) is 35.1 Å². The molecule has 2 N–H and O–H groups in total. The van der Waals surface area contributed by atoms with E-state index >= 15 is 0 Å². The molecule has 14 heteroatoms. The van der Waals surface area contributed by atoms with Crippen LogP contribution in [-0.2, 0) is 23.9 Å². The molecular weight excluding hydrogens is 644 g/mol. The number of rotatable bonds is 10. The lowest BCUT2D eigenvalue weighted by molar-refractivity contribution is -0.133. The molecule has 2 atom stereocenters. The predicted molar refractivity (Wildman–Crippen MR) is 181 cm³/mol. The predicted octanol–water partition coefficient (Wildman–Crippen LogP) is 4.00. The third-order valence-corrected chi connectivity index (χ3v) is 9.52. The normalized spacial score (nSPS) is 19.8. The second-order valence-corrected chi connectivity index (χ2v) is 14.2. The van der Waals surface area contributed by atoms with E-state index in [-0.39, 0.29) is 37.7 Å². The van der Waals surface area contributed by atoms with Gasteiger partial charge in [0.15, 0.2) is 0 Å².